The van der Waals surface area contributed by atoms with E-state index in [-0.39, 0.29) is 11.8 Å². The highest BCUT2D eigenvalue weighted by Gasteiger charge is 2.24. The molecule has 0 radical (unpaired) electrons. The maximum Gasteiger partial charge on any atom is 0.227 e. The highest BCUT2D eigenvalue weighted by Crippen LogP contribution is 2.28. The molecule has 1 fully saturated rings. The zero-order chi connectivity index (χ0) is 15.5. The summed E-state index contributed by atoms with van der Waals surface area (Å²) in [4.78, 5) is 24.9. The monoisotopic (exact) mass is 297 g/mol. The first-order valence-corrected chi connectivity index (χ1v) is 7.46. The van der Waals surface area contributed by atoms with Crippen LogP contribution in [0, 0.1) is 5.92 Å². The summed E-state index contributed by atoms with van der Waals surface area (Å²) in [6.45, 7) is 1.28. The van der Waals surface area contributed by atoms with Crippen molar-refractivity contribution >= 4 is 34.5 Å². The van der Waals surface area contributed by atoms with Crippen molar-refractivity contribution in [2.75, 3.05) is 24.1 Å². The third-order valence-electron chi connectivity index (χ3n) is 4.19. The molecule has 1 heterocycles. The maximum absolute atomic E-state index is 12.5. The van der Waals surface area contributed by atoms with Gasteiger partial charge in [-0.15, -0.1) is 0 Å². The Balaban J connectivity index is 1.78. The van der Waals surface area contributed by atoms with Crippen LogP contribution < -0.4 is 11.1 Å². The third kappa shape index (κ3) is 2.88. The molecule has 114 valence electrons. The minimum Gasteiger partial charge on any atom is -0.399 e. The van der Waals surface area contributed by atoms with E-state index in [4.69, 9.17) is 5.73 Å². The summed E-state index contributed by atoms with van der Waals surface area (Å²) in [5.74, 6) is -0.0577. The van der Waals surface area contributed by atoms with Crippen LogP contribution in [0.15, 0.2) is 36.4 Å². The number of carbonyl (C=O) groups is 2. The zero-order valence-corrected chi connectivity index (χ0v) is 12.3. The molecule has 0 aromatic heterocycles. The number of hydrogen-bond acceptors (Lipinski definition) is 3. The average molecular weight is 297 g/mol. The summed E-state index contributed by atoms with van der Waals surface area (Å²) >= 11 is 0. The van der Waals surface area contributed by atoms with Crippen LogP contribution in [0.2, 0.25) is 0 Å². The highest BCUT2D eigenvalue weighted by molar-refractivity contribution is 6.04. The molecule has 3 N–H and O–H groups in total. The van der Waals surface area contributed by atoms with Gasteiger partial charge in [-0.3, -0.25) is 9.59 Å². The normalized spacial score (nSPS) is 15.7. The molecule has 0 bridgehead atoms. The predicted octanol–water partition coefficient (Wildman–Crippen LogP) is 2.23. The molecule has 5 heteroatoms. The van der Waals surface area contributed by atoms with E-state index in [1.165, 1.54) is 0 Å². The summed E-state index contributed by atoms with van der Waals surface area (Å²) in [7, 11) is 0. The summed E-state index contributed by atoms with van der Waals surface area (Å²) in [5.41, 5.74) is 7.30. The first-order valence-electron chi connectivity index (χ1n) is 7.46. The van der Waals surface area contributed by atoms with Gasteiger partial charge in [-0.25, -0.2) is 0 Å². The molecule has 5 nitrogen and oxygen atoms in total. The number of likely N-dealkylation sites (tertiary alicyclic amines) is 1. The molecular weight excluding hydrogens is 278 g/mol. The van der Waals surface area contributed by atoms with E-state index in [0.29, 0.717) is 31.6 Å². The van der Waals surface area contributed by atoms with Gasteiger partial charge in [-0.05, 0) is 30.4 Å². The summed E-state index contributed by atoms with van der Waals surface area (Å²) < 4.78 is 0. The van der Waals surface area contributed by atoms with E-state index in [1.807, 2.05) is 30.3 Å². The minimum absolute atomic E-state index is 0.00121. The SMILES string of the molecule is Nc1cc(NC(=O)C2CCN(C=O)CC2)c2ccccc2c1. The van der Waals surface area contributed by atoms with E-state index in [0.717, 1.165) is 22.9 Å². The quantitative estimate of drug-likeness (QED) is 0.674. The van der Waals surface area contributed by atoms with E-state index in [1.54, 1.807) is 11.0 Å². The van der Waals surface area contributed by atoms with Gasteiger partial charge >= 0.3 is 0 Å². The first-order chi connectivity index (χ1) is 10.7. The summed E-state index contributed by atoms with van der Waals surface area (Å²) in [6, 6.07) is 11.5. The second-order valence-electron chi connectivity index (χ2n) is 5.69. The lowest BCUT2D eigenvalue weighted by Crippen LogP contribution is -2.37. The van der Waals surface area contributed by atoms with Crippen LogP contribution >= 0.6 is 0 Å². The van der Waals surface area contributed by atoms with Gasteiger partial charge in [0.15, 0.2) is 0 Å². The standard InChI is InChI=1S/C17H19N3O2/c18-14-9-13-3-1-2-4-15(13)16(10-14)19-17(22)12-5-7-20(11-21)8-6-12/h1-4,9-12H,5-8,18H2,(H,19,22). The first kappa shape index (κ1) is 14.4. The Hall–Kier alpha value is -2.56. The van der Waals surface area contributed by atoms with Crippen molar-refractivity contribution in [1.82, 2.24) is 4.90 Å². The van der Waals surface area contributed by atoms with Gasteiger partial charge < -0.3 is 16.0 Å². The zero-order valence-electron chi connectivity index (χ0n) is 12.3. The van der Waals surface area contributed by atoms with Crippen molar-refractivity contribution in [1.29, 1.82) is 0 Å². The number of nitrogen functional groups attached to an aromatic ring is 1. The van der Waals surface area contributed by atoms with Gasteiger partial charge in [0.1, 0.15) is 0 Å². The van der Waals surface area contributed by atoms with Crippen LogP contribution in [0.4, 0.5) is 11.4 Å². The number of amides is 2. The van der Waals surface area contributed by atoms with E-state index in [2.05, 4.69) is 5.32 Å². The molecule has 2 aromatic carbocycles. The Morgan fingerprint density at radius 1 is 1.23 bits per heavy atom. The second-order valence-corrected chi connectivity index (χ2v) is 5.69. The van der Waals surface area contributed by atoms with Crippen LogP contribution in [-0.2, 0) is 9.59 Å². The molecule has 0 atom stereocenters. The van der Waals surface area contributed by atoms with Crippen molar-refractivity contribution in [3.8, 4) is 0 Å². The average Bonchev–Trinajstić information content (AvgIpc) is 2.54. The van der Waals surface area contributed by atoms with Gasteiger partial charge in [-0.1, -0.05) is 24.3 Å². The highest BCUT2D eigenvalue weighted by atomic mass is 16.2. The second kappa shape index (κ2) is 6.05. The fraction of sp³-hybridized carbons (Fsp3) is 0.294. The van der Waals surface area contributed by atoms with Crippen molar-refractivity contribution < 1.29 is 9.59 Å². The molecule has 0 spiro atoms. The Labute approximate surface area is 129 Å². The van der Waals surface area contributed by atoms with E-state index < -0.39 is 0 Å². The fourth-order valence-corrected chi connectivity index (χ4v) is 2.94. The lowest BCUT2D eigenvalue weighted by Gasteiger charge is -2.28. The van der Waals surface area contributed by atoms with Crippen molar-refractivity contribution in [3.05, 3.63) is 36.4 Å². The molecule has 0 saturated carbocycles. The molecule has 2 aromatic rings. The molecule has 0 aliphatic carbocycles. The fourth-order valence-electron chi connectivity index (χ4n) is 2.94. The van der Waals surface area contributed by atoms with Crippen LogP contribution in [0.5, 0.6) is 0 Å². The third-order valence-corrected chi connectivity index (χ3v) is 4.19. The van der Waals surface area contributed by atoms with Crippen LogP contribution in [0.3, 0.4) is 0 Å². The van der Waals surface area contributed by atoms with Gasteiger partial charge in [0.05, 0.1) is 5.69 Å². The Morgan fingerprint density at radius 3 is 2.68 bits per heavy atom. The molecule has 1 saturated heterocycles. The Morgan fingerprint density at radius 2 is 1.95 bits per heavy atom. The molecule has 3 rings (SSSR count). The predicted molar refractivity (Wildman–Crippen MR) is 87.4 cm³/mol. The Bertz CT molecular complexity index is 706. The smallest absolute Gasteiger partial charge is 0.227 e. The summed E-state index contributed by atoms with van der Waals surface area (Å²) in [5, 5.41) is 4.99. The minimum atomic E-state index is -0.0589. The number of benzene rings is 2. The largest absolute Gasteiger partial charge is 0.399 e. The number of nitrogens with zero attached hydrogens (tertiary/aromatic N) is 1. The topological polar surface area (TPSA) is 75.4 Å². The summed E-state index contributed by atoms with van der Waals surface area (Å²) in [6.07, 6.45) is 2.25. The van der Waals surface area contributed by atoms with Gasteiger partial charge in [0, 0.05) is 30.1 Å². The van der Waals surface area contributed by atoms with Crippen molar-refractivity contribution in [2.24, 2.45) is 5.92 Å². The number of rotatable bonds is 3. The number of anilines is 2. The van der Waals surface area contributed by atoms with Crippen LogP contribution in [0.25, 0.3) is 10.8 Å². The maximum atomic E-state index is 12.5. The van der Waals surface area contributed by atoms with Crippen molar-refractivity contribution in [2.45, 2.75) is 12.8 Å². The lowest BCUT2D eigenvalue weighted by molar-refractivity contribution is -0.125. The molecule has 2 amide bonds. The molecule has 0 unspecified atom stereocenters. The van der Waals surface area contributed by atoms with E-state index >= 15 is 0 Å². The van der Waals surface area contributed by atoms with Crippen LogP contribution in [-0.4, -0.2) is 30.3 Å². The van der Waals surface area contributed by atoms with Gasteiger partial charge in [0.2, 0.25) is 12.3 Å². The molecule has 1 aliphatic heterocycles. The number of hydrogen-bond donors (Lipinski definition) is 2. The van der Waals surface area contributed by atoms with E-state index in [9.17, 15) is 9.59 Å². The van der Waals surface area contributed by atoms with Crippen molar-refractivity contribution in [3.63, 3.8) is 0 Å². The number of nitrogens with two attached hydrogens (primary N) is 1. The van der Waals surface area contributed by atoms with Crippen LogP contribution in [0.1, 0.15) is 12.8 Å². The Kier molecular flexibility index (Phi) is 3.96. The number of carbonyl (C=O) groups excluding carboxylic acids is 2. The number of nitrogens with one attached hydrogen (secondary N) is 1. The molecule has 22 heavy (non-hydrogen) atoms. The van der Waals surface area contributed by atoms with Gasteiger partial charge in [0.25, 0.3) is 0 Å². The van der Waals surface area contributed by atoms with Gasteiger partial charge in [-0.2, -0.15) is 0 Å². The number of fused-ring (bicyclic) bond motifs is 1. The number of piperidine rings is 1. The molecular formula is C17H19N3O2. The lowest BCUT2D eigenvalue weighted by atomic mass is 9.96. The molecule has 1 aliphatic rings.